The van der Waals surface area contributed by atoms with Crippen molar-refractivity contribution >= 4 is 19.8 Å². The molecule has 0 aliphatic carbocycles. The molecular weight excluding hydrogens is 723 g/mol. The fourth-order valence-corrected chi connectivity index (χ4v) is 6.02. The number of carbonyl (C=O) groups is 2. The molecule has 56 heavy (non-hydrogen) atoms. The van der Waals surface area contributed by atoms with Gasteiger partial charge in [-0.25, -0.2) is 4.57 Å². The van der Waals surface area contributed by atoms with E-state index in [1.807, 2.05) is 0 Å². The van der Waals surface area contributed by atoms with Crippen LogP contribution in [0.15, 0.2) is 85.1 Å². The van der Waals surface area contributed by atoms with Gasteiger partial charge in [-0.05, 0) is 89.9 Å². The summed E-state index contributed by atoms with van der Waals surface area (Å²) in [5.74, 6) is -0.933. The van der Waals surface area contributed by atoms with Gasteiger partial charge in [-0.1, -0.05) is 163 Å². The van der Waals surface area contributed by atoms with E-state index in [4.69, 9.17) is 19.3 Å². The van der Waals surface area contributed by atoms with Crippen LogP contribution < -0.4 is 0 Å². The Morgan fingerprint density at radius 3 is 1.30 bits per heavy atom. The lowest BCUT2D eigenvalue weighted by Gasteiger charge is -2.18. The summed E-state index contributed by atoms with van der Waals surface area (Å²) in [6.07, 6.45) is 55.8. The van der Waals surface area contributed by atoms with Gasteiger partial charge in [0.15, 0.2) is 6.10 Å². The summed E-state index contributed by atoms with van der Waals surface area (Å²) < 4.78 is 26.4. The Kier molecular flexibility index (Phi) is 39.8. The molecule has 0 aromatic carbocycles. The zero-order chi connectivity index (χ0) is 41.1. The summed E-state index contributed by atoms with van der Waals surface area (Å²) in [7, 11) is -4.77. The van der Waals surface area contributed by atoms with Crippen molar-refractivity contribution in [3.63, 3.8) is 0 Å². The van der Waals surface area contributed by atoms with E-state index in [1.165, 1.54) is 57.8 Å². The van der Waals surface area contributed by atoms with Crippen molar-refractivity contribution in [2.24, 2.45) is 0 Å². The van der Waals surface area contributed by atoms with Crippen molar-refractivity contribution in [3.05, 3.63) is 85.1 Å². The summed E-state index contributed by atoms with van der Waals surface area (Å²) in [6.45, 7) is 3.51. The largest absolute Gasteiger partial charge is 0.469 e. The van der Waals surface area contributed by atoms with Crippen molar-refractivity contribution in [3.8, 4) is 0 Å². The number of hydrogen-bond donors (Lipinski definition) is 2. The Morgan fingerprint density at radius 2 is 0.857 bits per heavy atom. The first-order valence-electron chi connectivity index (χ1n) is 21.9. The highest BCUT2D eigenvalue weighted by Crippen LogP contribution is 2.36. The first-order valence-corrected chi connectivity index (χ1v) is 23.4. The zero-order valence-corrected chi connectivity index (χ0v) is 36.1. The lowest BCUT2D eigenvalue weighted by Crippen LogP contribution is -2.29. The minimum atomic E-state index is -4.77. The standard InChI is InChI=1S/C47H79O8P/c1-3-5-7-9-11-13-15-17-19-21-23-25-27-29-31-33-35-37-39-41-46(48)53-43-45(44-54-56(50,51)52)55-47(49)42-40-38-36-34-32-30-28-26-24-22-20-18-16-14-12-10-8-6-4-2/h6,8,11-14,17-20,24,26,30,32,45H,3-5,7,9-10,15-16,21-23,25,27-29,31,33-44H2,1-2H3,(H2,50,51,52)/b8-6+,13-11+,14-12+,19-17+,20-18+,26-24+,32-30+/t45-/m1/s1. The Balaban J connectivity index is 3.99. The van der Waals surface area contributed by atoms with Gasteiger partial charge in [-0.15, -0.1) is 0 Å². The van der Waals surface area contributed by atoms with Crippen LogP contribution in [0.3, 0.4) is 0 Å². The number of carbonyl (C=O) groups excluding carboxylic acids is 2. The van der Waals surface area contributed by atoms with Crippen LogP contribution in [0.4, 0.5) is 0 Å². The molecule has 0 aromatic rings. The molecular formula is C47H79O8P. The molecule has 0 saturated carbocycles. The predicted molar refractivity (Wildman–Crippen MR) is 234 cm³/mol. The third-order valence-electron chi connectivity index (χ3n) is 8.90. The van der Waals surface area contributed by atoms with E-state index < -0.39 is 32.5 Å². The van der Waals surface area contributed by atoms with Gasteiger partial charge in [0.25, 0.3) is 0 Å². The van der Waals surface area contributed by atoms with Crippen LogP contribution in [0.5, 0.6) is 0 Å². The van der Waals surface area contributed by atoms with Crippen LogP contribution in [-0.4, -0.2) is 41.0 Å². The van der Waals surface area contributed by atoms with Gasteiger partial charge >= 0.3 is 19.8 Å². The van der Waals surface area contributed by atoms with Gasteiger partial charge in [-0.2, -0.15) is 0 Å². The minimum absolute atomic E-state index is 0.167. The smallest absolute Gasteiger partial charge is 0.462 e. The first kappa shape index (κ1) is 53.2. The SMILES string of the molecule is CC/C=C/C/C=C/C/C=C/C/C=C/C/C=C/CCCCCC(=O)O[C@H](COC(=O)CCCCCCCCCCC/C=C/C/C=C/CCCCC)COP(=O)(O)O. The minimum Gasteiger partial charge on any atom is -0.462 e. The molecule has 0 spiro atoms. The predicted octanol–water partition coefficient (Wildman–Crippen LogP) is 13.6. The highest BCUT2D eigenvalue weighted by molar-refractivity contribution is 7.46. The Hall–Kier alpha value is -2.77. The van der Waals surface area contributed by atoms with Gasteiger partial charge in [0.2, 0.25) is 0 Å². The summed E-state index contributed by atoms with van der Waals surface area (Å²) in [6, 6.07) is 0. The first-order chi connectivity index (χ1) is 27.3. The van der Waals surface area contributed by atoms with E-state index in [1.54, 1.807) is 0 Å². The molecule has 0 radical (unpaired) electrons. The van der Waals surface area contributed by atoms with Gasteiger partial charge in [0, 0.05) is 12.8 Å². The van der Waals surface area contributed by atoms with E-state index in [0.717, 1.165) is 83.5 Å². The molecule has 0 aliphatic rings. The number of allylic oxidation sites excluding steroid dienone is 14. The molecule has 0 aromatic heterocycles. The summed E-state index contributed by atoms with van der Waals surface area (Å²) >= 11 is 0. The summed E-state index contributed by atoms with van der Waals surface area (Å²) in [5, 5.41) is 0. The molecule has 0 fully saturated rings. The van der Waals surface area contributed by atoms with Crippen molar-refractivity contribution in [1.82, 2.24) is 0 Å². The second-order valence-electron chi connectivity index (χ2n) is 14.3. The van der Waals surface area contributed by atoms with Crippen molar-refractivity contribution < 1.29 is 37.9 Å². The average molecular weight is 803 g/mol. The second kappa shape index (κ2) is 41.9. The molecule has 0 aliphatic heterocycles. The van der Waals surface area contributed by atoms with Crippen LogP contribution in [-0.2, 0) is 28.2 Å². The Labute approximate surface area is 342 Å². The topological polar surface area (TPSA) is 119 Å². The van der Waals surface area contributed by atoms with Gasteiger partial charge in [0.05, 0.1) is 6.61 Å². The van der Waals surface area contributed by atoms with E-state index in [0.29, 0.717) is 12.8 Å². The van der Waals surface area contributed by atoms with E-state index >= 15 is 0 Å². The number of rotatable bonds is 39. The quantitative estimate of drug-likeness (QED) is 0.0273. The average Bonchev–Trinajstić information content (AvgIpc) is 3.17. The van der Waals surface area contributed by atoms with Gasteiger partial charge < -0.3 is 19.3 Å². The Bertz CT molecular complexity index is 1180. The van der Waals surface area contributed by atoms with E-state index in [9.17, 15) is 14.2 Å². The van der Waals surface area contributed by atoms with E-state index in [-0.39, 0.29) is 19.4 Å². The number of phosphoric acid groups is 1. The molecule has 0 amide bonds. The number of esters is 2. The molecule has 0 saturated heterocycles. The summed E-state index contributed by atoms with van der Waals surface area (Å²) in [5.41, 5.74) is 0. The fraction of sp³-hybridized carbons (Fsp3) is 0.660. The zero-order valence-electron chi connectivity index (χ0n) is 35.3. The molecule has 9 heteroatoms. The van der Waals surface area contributed by atoms with Crippen LogP contribution in [0.1, 0.15) is 181 Å². The lowest BCUT2D eigenvalue weighted by atomic mass is 10.1. The van der Waals surface area contributed by atoms with Crippen molar-refractivity contribution in [2.45, 2.75) is 187 Å². The Morgan fingerprint density at radius 1 is 0.482 bits per heavy atom. The molecule has 8 nitrogen and oxygen atoms in total. The summed E-state index contributed by atoms with van der Waals surface area (Å²) in [4.78, 5) is 42.9. The van der Waals surface area contributed by atoms with Crippen molar-refractivity contribution in [1.29, 1.82) is 0 Å². The molecule has 2 N–H and O–H groups in total. The normalized spacial score (nSPS) is 13.3. The highest BCUT2D eigenvalue weighted by atomic mass is 31.2. The maximum absolute atomic E-state index is 12.4. The van der Waals surface area contributed by atoms with E-state index in [2.05, 4.69) is 103 Å². The third kappa shape index (κ3) is 44.0. The number of hydrogen-bond acceptors (Lipinski definition) is 6. The third-order valence-corrected chi connectivity index (χ3v) is 9.38. The molecule has 0 unspecified atom stereocenters. The van der Waals surface area contributed by atoms with Gasteiger partial charge in [-0.3, -0.25) is 14.1 Å². The number of phosphoric ester groups is 1. The number of ether oxygens (including phenoxy) is 2. The van der Waals surface area contributed by atoms with Crippen LogP contribution in [0.2, 0.25) is 0 Å². The van der Waals surface area contributed by atoms with Crippen LogP contribution in [0.25, 0.3) is 0 Å². The monoisotopic (exact) mass is 803 g/mol. The fourth-order valence-electron chi connectivity index (χ4n) is 5.66. The van der Waals surface area contributed by atoms with Crippen LogP contribution >= 0.6 is 7.82 Å². The molecule has 0 bridgehead atoms. The molecule has 0 rings (SSSR count). The maximum Gasteiger partial charge on any atom is 0.469 e. The second-order valence-corrected chi connectivity index (χ2v) is 15.5. The highest BCUT2D eigenvalue weighted by Gasteiger charge is 2.22. The lowest BCUT2D eigenvalue weighted by molar-refractivity contribution is -0.161. The van der Waals surface area contributed by atoms with Crippen LogP contribution in [0, 0.1) is 0 Å². The van der Waals surface area contributed by atoms with Crippen molar-refractivity contribution in [2.75, 3.05) is 13.2 Å². The molecule has 320 valence electrons. The van der Waals surface area contributed by atoms with Gasteiger partial charge in [0.1, 0.15) is 6.61 Å². The molecule has 0 heterocycles. The maximum atomic E-state index is 12.4. The molecule has 1 atom stereocenters. The number of unbranched alkanes of at least 4 members (excludes halogenated alkanes) is 15.